The molecule has 0 aliphatic rings. The van der Waals surface area contributed by atoms with Gasteiger partial charge in [-0.3, -0.25) is 0 Å². The van der Waals surface area contributed by atoms with Crippen molar-refractivity contribution in [3.63, 3.8) is 0 Å². The van der Waals surface area contributed by atoms with Crippen LogP contribution >= 0.6 is 27.3 Å². The molecule has 0 amide bonds. The van der Waals surface area contributed by atoms with Gasteiger partial charge in [-0.05, 0) is 22.9 Å². The topological polar surface area (TPSA) is 22.1 Å². The van der Waals surface area contributed by atoms with E-state index >= 15 is 0 Å². The smallest absolute Gasteiger partial charge is 0.202 e. The number of hydrogen-bond acceptors (Lipinski definition) is 3. The first-order valence-electron chi connectivity index (χ1n) is 4.20. The molecule has 1 aromatic carbocycles. The van der Waals surface area contributed by atoms with Crippen LogP contribution in [-0.4, -0.2) is 11.6 Å². The van der Waals surface area contributed by atoms with Crippen molar-refractivity contribution in [1.29, 1.82) is 0 Å². The Labute approximate surface area is 97.0 Å². The largest absolute Gasteiger partial charge is 0.491 e. The van der Waals surface area contributed by atoms with E-state index in [0.29, 0.717) is 15.2 Å². The number of aromatic nitrogens is 1. The third-order valence-electron chi connectivity index (χ3n) is 1.81. The van der Waals surface area contributed by atoms with Crippen molar-refractivity contribution in [2.24, 2.45) is 0 Å². The molecule has 0 aliphatic carbocycles. The van der Waals surface area contributed by atoms with Crippen molar-refractivity contribution >= 4 is 37.5 Å². The van der Waals surface area contributed by atoms with Crippen LogP contribution in [0.4, 0.5) is 8.78 Å². The highest BCUT2D eigenvalue weighted by Gasteiger charge is 2.17. The average Bonchev–Trinajstić information content (AvgIpc) is 2.56. The molecule has 0 N–H and O–H groups in total. The Hall–Kier alpha value is -0.750. The highest BCUT2D eigenvalue weighted by atomic mass is 79.9. The summed E-state index contributed by atoms with van der Waals surface area (Å²) in [6.45, 7) is 2.01. The lowest BCUT2D eigenvalue weighted by molar-refractivity contribution is 0.315. The number of fused-ring (bicyclic) bond motifs is 1. The zero-order valence-corrected chi connectivity index (χ0v) is 10.1. The zero-order chi connectivity index (χ0) is 11.0. The highest BCUT2D eigenvalue weighted by Crippen LogP contribution is 2.33. The summed E-state index contributed by atoms with van der Waals surface area (Å²) in [6.07, 6.45) is 0. The van der Waals surface area contributed by atoms with Gasteiger partial charge in [-0.25, -0.2) is 9.37 Å². The molecule has 2 aromatic rings. The zero-order valence-electron chi connectivity index (χ0n) is 7.68. The molecule has 1 aromatic heterocycles. The molecule has 2 nitrogen and oxygen atoms in total. The van der Waals surface area contributed by atoms with Crippen LogP contribution in [0, 0.1) is 11.6 Å². The standard InChI is InChI=1S/C9H6BrF2NOS/c1-2-14-4-3-5-8(7(12)6(4)11)13-9(10)15-5/h3H,2H2,1H3. The Morgan fingerprint density at radius 1 is 1.47 bits per heavy atom. The van der Waals surface area contributed by atoms with E-state index in [9.17, 15) is 8.78 Å². The van der Waals surface area contributed by atoms with Gasteiger partial charge in [0, 0.05) is 6.07 Å². The van der Waals surface area contributed by atoms with Crippen LogP contribution < -0.4 is 4.74 Å². The second-order valence-corrected chi connectivity index (χ2v) is 5.06. The van der Waals surface area contributed by atoms with Gasteiger partial charge in [0.1, 0.15) is 5.52 Å². The van der Waals surface area contributed by atoms with Gasteiger partial charge in [0.15, 0.2) is 15.5 Å². The number of thiazole rings is 1. The van der Waals surface area contributed by atoms with Gasteiger partial charge in [-0.2, -0.15) is 4.39 Å². The Balaban J connectivity index is 2.70. The molecular formula is C9H6BrF2NOS. The molecule has 80 valence electrons. The Bertz CT molecular complexity index is 514. The van der Waals surface area contributed by atoms with E-state index in [4.69, 9.17) is 4.74 Å². The van der Waals surface area contributed by atoms with Crippen molar-refractivity contribution in [3.05, 3.63) is 21.6 Å². The van der Waals surface area contributed by atoms with E-state index in [2.05, 4.69) is 20.9 Å². The third-order valence-corrected chi connectivity index (χ3v) is 3.26. The second kappa shape index (κ2) is 4.02. The SMILES string of the molecule is CCOc1cc2sc(Br)nc2c(F)c1F. The van der Waals surface area contributed by atoms with Crippen LogP contribution in [0.1, 0.15) is 6.92 Å². The summed E-state index contributed by atoms with van der Waals surface area (Å²) in [6, 6.07) is 1.46. The lowest BCUT2D eigenvalue weighted by Gasteiger charge is -2.04. The lowest BCUT2D eigenvalue weighted by Crippen LogP contribution is -1.97. The van der Waals surface area contributed by atoms with Gasteiger partial charge in [0.25, 0.3) is 0 Å². The molecule has 1 heterocycles. The van der Waals surface area contributed by atoms with E-state index in [-0.39, 0.29) is 11.3 Å². The summed E-state index contributed by atoms with van der Waals surface area (Å²) < 4.78 is 32.9. The molecule has 0 atom stereocenters. The van der Waals surface area contributed by atoms with Crippen molar-refractivity contribution in [1.82, 2.24) is 4.98 Å². The summed E-state index contributed by atoms with van der Waals surface area (Å²) in [5.41, 5.74) is 0.0350. The molecule has 0 aliphatic heterocycles. The Morgan fingerprint density at radius 2 is 2.20 bits per heavy atom. The van der Waals surface area contributed by atoms with E-state index in [0.717, 1.165) is 0 Å². The third kappa shape index (κ3) is 1.83. The molecule has 0 saturated carbocycles. The minimum atomic E-state index is -0.984. The van der Waals surface area contributed by atoms with Crippen LogP contribution in [0.2, 0.25) is 0 Å². The maximum atomic E-state index is 13.5. The fraction of sp³-hybridized carbons (Fsp3) is 0.222. The van der Waals surface area contributed by atoms with Gasteiger partial charge < -0.3 is 4.74 Å². The summed E-state index contributed by atoms with van der Waals surface area (Å²) in [5.74, 6) is -2.02. The summed E-state index contributed by atoms with van der Waals surface area (Å²) >= 11 is 4.36. The van der Waals surface area contributed by atoms with E-state index in [1.54, 1.807) is 6.92 Å². The fourth-order valence-electron chi connectivity index (χ4n) is 1.22. The molecule has 0 fully saturated rings. The number of hydrogen-bond donors (Lipinski definition) is 0. The minimum absolute atomic E-state index is 0.0350. The van der Waals surface area contributed by atoms with E-state index < -0.39 is 11.6 Å². The number of nitrogens with zero attached hydrogens (tertiary/aromatic N) is 1. The molecule has 2 rings (SSSR count). The number of ether oxygens (including phenoxy) is 1. The first kappa shape index (κ1) is 10.8. The summed E-state index contributed by atoms with van der Waals surface area (Å²) in [4.78, 5) is 3.84. The van der Waals surface area contributed by atoms with Crippen molar-refractivity contribution in [2.45, 2.75) is 6.92 Å². The fourth-order valence-corrected chi connectivity index (χ4v) is 2.63. The minimum Gasteiger partial charge on any atom is -0.491 e. The molecule has 0 saturated heterocycles. The molecule has 0 bridgehead atoms. The number of halogens is 3. The molecule has 0 radical (unpaired) electrons. The van der Waals surface area contributed by atoms with Crippen LogP contribution in [0.15, 0.2) is 9.98 Å². The maximum Gasteiger partial charge on any atom is 0.202 e. The van der Waals surface area contributed by atoms with Gasteiger partial charge in [0.05, 0.1) is 11.3 Å². The molecule has 15 heavy (non-hydrogen) atoms. The van der Waals surface area contributed by atoms with Crippen LogP contribution in [-0.2, 0) is 0 Å². The second-order valence-electron chi connectivity index (χ2n) is 2.75. The maximum absolute atomic E-state index is 13.5. The number of rotatable bonds is 2. The average molecular weight is 294 g/mol. The van der Waals surface area contributed by atoms with E-state index in [1.807, 2.05) is 0 Å². The first-order valence-corrected chi connectivity index (χ1v) is 5.81. The summed E-state index contributed by atoms with van der Waals surface area (Å²) in [5, 5.41) is 0. The van der Waals surface area contributed by atoms with Gasteiger partial charge in [-0.15, -0.1) is 11.3 Å². The van der Waals surface area contributed by atoms with Gasteiger partial charge in [0.2, 0.25) is 5.82 Å². The molecule has 6 heteroatoms. The molecule has 0 unspecified atom stereocenters. The first-order chi connectivity index (χ1) is 7.13. The predicted octanol–water partition coefficient (Wildman–Crippen LogP) is 3.74. The van der Waals surface area contributed by atoms with Crippen molar-refractivity contribution < 1.29 is 13.5 Å². The van der Waals surface area contributed by atoms with Crippen molar-refractivity contribution in [2.75, 3.05) is 6.61 Å². The molecule has 0 spiro atoms. The number of benzene rings is 1. The normalized spacial score (nSPS) is 10.9. The van der Waals surface area contributed by atoms with Crippen LogP contribution in [0.5, 0.6) is 5.75 Å². The predicted molar refractivity (Wildman–Crippen MR) is 58.4 cm³/mol. The van der Waals surface area contributed by atoms with Gasteiger partial charge in [-0.1, -0.05) is 0 Å². The molecular weight excluding hydrogens is 288 g/mol. The Kier molecular flexibility index (Phi) is 2.88. The monoisotopic (exact) mass is 293 g/mol. The van der Waals surface area contributed by atoms with Crippen LogP contribution in [0.3, 0.4) is 0 Å². The van der Waals surface area contributed by atoms with Crippen molar-refractivity contribution in [3.8, 4) is 5.75 Å². The van der Waals surface area contributed by atoms with Gasteiger partial charge >= 0.3 is 0 Å². The lowest BCUT2D eigenvalue weighted by atomic mass is 10.3. The van der Waals surface area contributed by atoms with E-state index in [1.165, 1.54) is 17.4 Å². The quantitative estimate of drug-likeness (QED) is 0.842. The summed E-state index contributed by atoms with van der Waals surface area (Å²) in [7, 11) is 0. The van der Waals surface area contributed by atoms with Crippen LogP contribution in [0.25, 0.3) is 10.2 Å². The highest BCUT2D eigenvalue weighted by molar-refractivity contribution is 9.11. The Morgan fingerprint density at radius 3 is 2.87 bits per heavy atom.